The second-order valence-electron chi connectivity index (χ2n) is 8.20. The molecule has 1 amide bonds. The summed E-state index contributed by atoms with van der Waals surface area (Å²) in [6.45, 7) is 1.63. The molecule has 1 atom stereocenters. The summed E-state index contributed by atoms with van der Waals surface area (Å²) >= 11 is 13.4. The Morgan fingerprint density at radius 3 is 2.53 bits per heavy atom. The number of amides is 1. The fraction of sp³-hybridized carbons (Fsp3) is 0.231. The summed E-state index contributed by atoms with van der Waals surface area (Å²) < 4.78 is 17.6. The lowest BCUT2D eigenvalue weighted by atomic mass is 9.96. The predicted octanol–water partition coefficient (Wildman–Crippen LogP) is 2.60. The first-order chi connectivity index (χ1) is 18.2. The number of benzene rings is 2. The molecule has 0 saturated heterocycles. The Morgan fingerprint density at radius 2 is 1.84 bits per heavy atom. The van der Waals surface area contributed by atoms with E-state index in [1.165, 1.54) is 11.7 Å². The van der Waals surface area contributed by atoms with Gasteiger partial charge in [-0.3, -0.25) is 14.2 Å². The normalized spacial score (nSPS) is 15.2. The highest BCUT2D eigenvalue weighted by atomic mass is 35.5. The summed E-state index contributed by atoms with van der Waals surface area (Å²) in [5, 5.41) is 0.918. The first kappa shape index (κ1) is 27.6. The maximum atomic E-state index is 13.8. The minimum absolute atomic E-state index is 0.0483. The van der Waals surface area contributed by atoms with Gasteiger partial charge in [0, 0.05) is 22.7 Å². The minimum atomic E-state index is -0.800. The van der Waals surface area contributed by atoms with E-state index in [9.17, 15) is 14.4 Å². The maximum Gasteiger partial charge on any atom is 0.338 e. The number of thiazole rings is 1. The number of halogens is 2. The van der Waals surface area contributed by atoms with E-state index < -0.39 is 17.9 Å². The van der Waals surface area contributed by atoms with Crippen molar-refractivity contribution in [3.63, 3.8) is 0 Å². The van der Waals surface area contributed by atoms with Gasteiger partial charge < -0.3 is 19.9 Å². The Labute approximate surface area is 231 Å². The molecule has 4 rings (SSSR count). The molecular weight excluding hydrogens is 553 g/mol. The molecule has 0 bridgehead atoms. The van der Waals surface area contributed by atoms with E-state index in [-0.39, 0.29) is 31.0 Å². The molecule has 12 heteroatoms. The molecule has 0 saturated carbocycles. The number of fused-ring (bicyclic) bond motifs is 1. The van der Waals surface area contributed by atoms with Gasteiger partial charge in [-0.15, -0.1) is 0 Å². The van der Waals surface area contributed by atoms with Gasteiger partial charge in [-0.05, 0) is 48.9 Å². The molecule has 0 aliphatic carbocycles. The smallest absolute Gasteiger partial charge is 0.338 e. The number of primary amides is 1. The van der Waals surface area contributed by atoms with E-state index in [0.29, 0.717) is 42.0 Å². The van der Waals surface area contributed by atoms with Crippen molar-refractivity contribution in [1.29, 1.82) is 0 Å². The van der Waals surface area contributed by atoms with Crippen molar-refractivity contribution in [1.82, 2.24) is 4.57 Å². The van der Waals surface area contributed by atoms with Crippen LogP contribution in [0.5, 0.6) is 5.75 Å². The standard InChI is InChI=1S/C26H23Cl2N3O6S/c1-14-22(25(34)36-10-9-35-2)23(15-3-5-17(27)6-4-15)31-24(33)20(38-26(31)30-14)12-16-11-18(28)7-8-19(16)37-13-21(29)32/h3-8,11-12,23H,9-10,13H2,1-2H3,(H2,29,32). The van der Waals surface area contributed by atoms with Crippen molar-refractivity contribution in [2.24, 2.45) is 10.7 Å². The number of methoxy groups -OCH3 is 1. The van der Waals surface area contributed by atoms with Crippen LogP contribution in [-0.2, 0) is 19.1 Å². The number of hydrogen-bond acceptors (Lipinski definition) is 8. The number of nitrogens with two attached hydrogens (primary N) is 1. The van der Waals surface area contributed by atoms with Crippen LogP contribution in [0.4, 0.5) is 0 Å². The van der Waals surface area contributed by atoms with Gasteiger partial charge in [0.1, 0.15) is 12.4 Å². The number of ether oxygens (including phenoxy) is 3. The average Bonchev–Trinajstić information content (AvgIpc) is 3.17. The molecule has 2 heterocycles. The quantitative estimate of drug-likeness (QED) is 0.309. The summed E-state index contributed by atoms with van der Waals surface area (Å²) in [5.41, 5.74) is 6.61. The van der Waals surface area contributed by atoms with Gasteiger partial charge in [0.15, 0.2) is 11.4 Å². The number of carbonyl (C=O) groups excluding carboxylic acids is 2. The lowest BCUT2D eigenvalue weighted by Gasteiger charge is -2.24. The predicted molar refractivity (Wildman–Crippen MR) is 144 cm³/mol. The van der Waals surface area contributed by atoms with Gasteiger partial charge in [-0.1, -0.05) is 46.7 Å². The number of allylic oxidation sites excluding steroid dienone is 1. The van der Waals surface area contributed by atoms with Gasteiger partial charge in [-0.2, -0.15) is 0 Å². The van der Waals surface area contributed by atoms with Crippen LogP contribution in [-0.4, -0.2) is 43.4 Å². The number of aromatic nitrogens is 1. The number of hydrogen-bond donors (Lipinski definition) is 1. The molecule has 38 heavy (non-hydrogen) atoms. The third kappa shape index (κ3) is 5.99. The van der Waals surface area contributed by atoms with Crippen LogP contribution < -0.4 is 25.4 Å². The first-order valence-corrected chi connectivity index (χ1v) is 12.9. The second kappa shape index (κ2) is 12.0. The lowest BCUT2D eigenvalue weighted by molar-refractivity contribution is -0.140. The average molecular weight is 576 g/mol. The number of nitrogens with zero attached hydrogens (tertiary/aromatic N) is 2. The number of rotatable bonds is 9. The van der Waals surface area contributed by atoms with E-state index >= 15 is 0 Å². The Balaban J connectivity index is 1.87. The highest BCUT2D eigenvalue weighted by molar-refractivity contribution is 7.07. The van der Waals surface area contributed by atoms with Crippen LogP contribution in [0.15, 0.2) is 63.5 Å². The van der Waals surface area contributed by atoms with Gasteiger partial charge in [0.05, 0.1) is 28.5 Å². The molecule has 1 aromatic heterocycles. The van der Waals surface area contributed by atoms with Crippen molar-refractivity contribution in [2.45, 2.75) is 13.0 Å². The van der Waals surface area contributed by atoms with Crippen molar-refractivity contribution in [3.8, 4) is 5.75 Å². The van der Waals surface area contributed by atoms with E-state index in [2.05, 4.69) is 4.99 Å². The molecule has 1 aliphatic heterocycles. The van der Waals surface area contributed by atoms with Crippen LogP contribution in [0.2, 0.25) is 10.0 Å². The molecule has 9 nitrogen and oxygen atoms in total. The van der Waals surface area contributed by atoms with Crippen LogP contribution in [0.1, 0.15) is 24.1 Å². The number of esters is 1. The molecule has 0 radical (unpaired) electrons. The van der Waals surface area contributed by atoms with Gasteiger partial charge in [0.2, 0.25) is 0 Å². The van der Waals surface area contributed by atoms with Crippen molar-refractivity contribution in [3.05, 3.63) is 94.6 Å². The van der Waals surface area contributed by atoms with E-state index in [4.69, 9.17) is 43.1 Å². The van der Waals surface area contributed by atoms with Crippen LogP contribution in [0.25, 0.3) is 6.08 Å². The first-order valence-electron chi connectivity index (χ1n) is 11.3. The minimum Gasteiger partial charge on any atom is -0.483 e. The van der Waals surface area contributed by atoms with Crippen LogP contribution >= 0.6 is 34.5 Å². The third-order valence-corrected chi connectivity index (χ3v) is 7.05. The van der Waals surface area contributed by atoms with Crippen molar-refractivity contribution < 1.29 is 23.8 Å². The third-order valence-electron chi connectivity index (χ3n) is 5.58. The molecule has 1 aliphatic rings. The molecule has 0 spiro atoms. The highest BCUT2D eigenvalue weighted by Crippen LogP contribution is 2.31. The second-order valence-corrected chi connectivity index (χ2v) is 10.1. The summed E-state index contributed by atoms with van der Waals surface area (Å²) in [5.74, 6) is -0.921. The van der Waals surface area contributed by atoms with Gasteiger partial charge >= 0.3 is 5.97 Å². The topological polar surface area (TPSA) is 122 Å². The Hall–Kier alpha value is -3.44. The maximum absolute atomic E-state index is 13.8. The van der Waals surface area contributed by atoms with Crippen molar-refractivity contribution in [2.75, 3.05) is 26.9 Å². The molecule has 1 unspecified atom stereocenters. The van der Waals surface area contributed by atoms with Crippen molar-refractivity contribution >= 4 is 52.5 Å². The molecule has 198 valence electrons. The Bertz CT molecular complexity index is 1590. The highest BCUT2D eigenvalue weighted by Gasteiger charge is 2.33. The van der Waals surface area contributed by atoms with E-state index in [0.717, 1.165) is 11.3 Å². The largest absolute Gasteiger partial charge is 0.483 e. The lowest BCUT2D eigenvalue weighted by Crippen LogP contribution is -2.40. The fourth-order valence-electron chi connectivity index (χ4n) is 3.89. The Morgan fingerprint density at radius 1 is 1.13 bits per heavy atom. The molecule has 0 fully saturated rings. The molecular formula is C26H23Cl2N3O6S. The van der Waals surface area contributed by atoms with Gasteiger partial charge in [0.25, 0.3) is 11.5 Å². The van der Waals surface area contributed by atoms with E-state index in [1.807, 2.05) is 0 Å². The summed E-state index contributed by atoms with van der Waals surface area (Å²) in [4.78, 5) is 43.1. The zero-order chi connectivity index (χ0) is 27.4. The fourth-order valence-corrected chi connectivity index (χ4v) is 5.24. The monoisotopic (exact) mass is 575 g/mol. The molecule has 2 N–H and O–H groups in total. The summed E-state index contributed by atoms with van der Waals surface area (Å²) in [6, 6.07) is 10.9. The SMILES string of the molecule is COCCOC(=O)C1=C(C)N=c2sc(=Cc3cc(Cl)ccc3OCC(N)=O)c(=O)n2C1c1ccc(Cl)cc1. The zero-order valence-electron chi connectivity index (χ0n) is 20.4. The summed E-state index contributed by atoms with van der Waals surface area (Å²) in [7, 11) is 1.50. The van der Waals surface area contributed by atoms with E-state index in [1.54, 1.807) is 55.5 Å². The van der Waals surface area contributed by atoms with Crippen LogP contribution in [0, 0.1) is 0 Å². The van der Waals surface area contributed by atoms with Gasteiger partial charge in [-0.25, -0.2) is 9.79 Å². The zero-order valence-corrected chi connectivity index (χ0v) is 22.7. The number of carbonyl (C=O) groups is 2. The molecule has 2 aromatic carbocycles. The molecule has 3 aromatic rings. The van der Waals surface area contributed by atoms with Crippen LogP contribution in [0.3, 0.4) is 0 Å². The summed E-state index contributed by atoms with van der Waals surface area (Å²) in [6.07, 6.45) is 1.60. The Kier molecular flexibility index (Phi) is 8.68.